The fraction of sp³-hybridized carbons (Fsp3) is 0.333. The van der Waals surface area contributed by atoms with Gasteiger partial charge in [0.05, 0.1) is 6.61 Å². The minimum absolute atomic E-state index is 0.0206. The maximum Gasteiger partial charge on any atom is 0.407 e. The Hall–Kier alpha value is -1.27. The average molecular weight is 221 g/mol. The highest BCUT2D eigenvalue weighted by Gasteiger charge is 2.39. The minimum atomic E-state index is -4.62. The van der Waals surface area contributed by atoms with Crippen LogP contribution in [0.1, 0.15) is 17.2 Å². The number of alkyl halides is 3. The van der Waals surface area contributed by atoms with Gasteiger partial charge in [-0.05, 0) is 0 Å². The molecule has 0 saturated heterocycles. The Labute approximate surface area is 84.0 Å². The Kier molecular flexibility index (Phi) is 3.21. The highest BCUT2D eigenvalue weighted by atomic mass is 19.4. The third-order valence-corrected chi connectivity index (χ3v) is 2.01. The van der Waals surface area contributed by atoms with Crippen LogP contribution in [0.4, 0.5) is 13.2 Å². The second kappa shape index (κ2) is 4.08. The van der Waals surface area contributed by atoms with E-state index in [1.807, 2.05) is 0 Å². The number of nitrogens with two attached hydrogens (primary N) is 1. The first-order valence-electron chi connectivity index (χ1n) is 4.12. The summed E-state index contributed by atoms with van der Waals surface area (Å²) in [6.45, 7) is -0.537. The van der Waals surface area contributed by atoms with Crippen LogP contribution in [0.3, 0.4) is 0 Å². The maximum absolute atomic E-state index is 12.3. The number of hydrogen-bond donors (Lipinski definition) is 3. The molecule has 0 amide bonds. The number of aliphatic hydroxyl groups is 1. The van der Waals surface area contributed by atoms with Gasteiger partial charge < -0.3 is 15.9 Å². The van der Waals surface area contributed by atoms with E-state index in [1.54, 1.807) is 0 Å². The molecule has 1 rings (SSSR count). The summed E-state index contributed by atoms with van der Waals surface area (Å²) in [6.07, 6.45) is -4.62. The molecule has 0 radical (unpaired) electrons. The zero-order valence-electron chi connectivity index (χ0n) is 7.62. The van der Waals surface area contributed by atoms with Gasteiger partial charge >= 0.3 is 6.18 Å². The Morgan fingerprint density at radius 3 is 2.40 bits per heavy atom. The fourth-order valence-electron chi connectivity index (χ4n) is 1.17. The Morgan fingerprint density at radius 2 is 1.93 bits per heavy atom. The Balaban J connectivity index is 3.15. The van der Waals surface area contributed by atoms with Gasteiger partial charge in [0, 0.05) is 11.1 Å². The Bertz CT molecular complexity index is 352. The van der Waals surface area contributed by atoms with Gasteiger partial charge in [0.1, 0.15) is 11.8 Å². The van der Waals surface area contributed by atoms with Crippen molar-refractivity contribution >= 4 is 0 Å². The first-order chi connectivity index (χ1) is 6.88. The molecule has 0 bridgehead atoms. The summed E-state index contributed by atoms with van der Waals surface area (Å²) >= 11 is 0. The van der Waals surface area contributed by atoms with E-state index in [2.05, 4.69) is 0 Å². The molecule has 0 aromatic heterocycles. The lowest BCUT2D eigenvalue weighted by Crippen LogP contribution is -2.28. The molecule has 0 aliphatic heterocycles. The van der Waals surface area contributed by atoms with Gasteiger partial charge in [-0.25, -0.2) is 0 Å². The number of phenols is 1. The van der Waals surface area contributed by atoms with Crippen LogP contribution in [0.25, 0.3) is 0 Å². The zero-order chi connectivity index (χ0) is 11.6. The first-order valence-corrected chi connectivity index (χ1v) is 4.12. The van der Waals surface area contributed by atoms with Gasteiger partial charge in [0.15, 0.2) is 0 Å². The largest absolute Gasteiger partial charge is 0.507 e. The molecule has 0 aliphatic rings. The van der Waals surface area contributed by atoms with E-state index >= 15 is 0 Å². The summed E-state index contributed by atoms with van der Waals surface area (Å²) in [6, 6.07) is 1.45. The predicted molar refractivity (Wildman–Crippen MR) is 47.0 cm³/mol. The highest BCUT2D eigenvalue weighted by molar-refractivity contribution is 5.42. The second-order valence-corrected chi connectivity index (χ2v) is 3.03. The summed E-state index contributed by atoms with van der Waals surface area (Å²) in [4.78, 5) is 0. The zero-order valence-corrected chi connectivity index (χ0v) is 7.62. The number of rotatable bonds is 2. The lowest BCUT2D eigenvalue weighted by atomic mass is 10.0. The summed E-state index contributed by atoms with van der Waals surface area (Å²) in [5, 5.41) is 18.1. The number of aromatic hydroxyl groups is 1. The molecule has 3 nitrogen and oxygen atoms in total. The van der Waals surface area contributed by atoms with Gasteiger partial charge in [-0.3, -0.25) is 0 Å². The molecule has 0 fully saturated rings. The highest BCUT2D eigenvalue weighted by Crippen LogP contribution is 2.36. The SMILES string of the molecule is N[C@@H](c1cccc(CO)c1O)C(F)(F)F. The second-order valence-electron chi connectivity index (χ2n) is 3.03. The van der Waals surface area contributed by atoms with Crippen LogP contribution in [0.2, 0.25) is 0 Å². The van der Waals surface area contributed by atoms with Gasteiger partial charge in [0.25, 0.3) is 0 Å². The monoisotopic (exact) mass is 221 g/mol. The minimum Gasteiger partial charge on any atom is -0.507 e. The molecule has 0 heterocycles. The Morgan fingerprint density at radius 1 is 1.33 bits per heavy atom. The number of aliphatic hydroxyl groups excluding tert-OH is 1. The molecule has 15 heavy (non-hydrogen) atoms. The molecule has 0 aliphatic carbocycles. The summed E-state index contributed by atoms with van der Waals surface area (Å²) in [7, 11) is 0. The van der Waals surface area contributed by atoms with Crippen LogP contribution < -0.4 is 5.73 Å². The molecule has 0 saturated carbocycles. The number of benzene rings is 1. The van der Waals surface area contributed by atoms with E-state index in [0.29, 0.717) is 0 Å². The fourth-order valence-corrected chi connectivity index (χ4v) is 1.17. The van der Waals surface area contributed by atoms with Crippen LogP contribution >= 0.6 is 0 Å². The topological polar surface area (TPSA) is 66.5 Å². The molecule has 1 aromatic carbocycles. The van der Waals surface area contributed by atoms with Gasteiger partial charge in [-0.1, -0.05) is 18.2 Å². The summed E-state index contributed by atoms with van der Waals surface area (Å²) < 4.78 is 36.8. The molecule has 6 heteroatoms. The van der Waals surface area contributed by atoms with E-state index < -0.39 is 30.1 Å². The molecule has 84 valence electrons. The molecular formula is C9H10F3NO2. The average Bonchev–Trinajstić information content (AvgIpc) is 2.16. The van der Waals surface area contributed by atoms with Crippen LogP contribution in [-0.2, 0) is 6.61 Å². The van der Waals surface area contributed by atoms with Crippen molar-refractivity contribution in [3.63, 3.8) is 0 Å². The molecule has 1 aromatic rings. The van der Waals surface area contributed by atoms with Crippen molar-refractivity contribution in [1.29, 1.82) is 0 Å². The first kappa shape index (κ1) is 11.8. The van der Waals surface area contributed by atoms with Gasteiger partial charge in [-0.2, -0.15) is 13.2 Å². The maximum atomic E-state index is 12.3. The number of halogens is 3. The smallest absolute Gasteiger partial charge is 0.407 e. The summed E-state index contributed by atoms with van der Waals surface area (Å²) in [5.74, 6) is -0.607. The van der Waals surface area contributed by atoms with Gasteiger partial charge in [0.2, 0.25) is 0 Å². The van der Waals surface area contributed by atoms with Crippen molar-refractivity contribution in [2.24, 2.45) is 5.73 Å². The van der Waals surface area contributed by atoms with Crippen LogP contribution in [0.15, 0.2) is 18.2 Å². The van der Waals surface area contributed by atoms with Crippen molar-refractivity contribution in [2.45, 2.75) is 18.8 Å². The lowest BCUT2D eigenvalue weighted by molar-refractivity contribution is -0.149. The molecule has 0 spiro atoms. The van der Waals surface area contributed by atoms with Crippen molar-refractivity contribution in [1.82, 2.24) is 0 Å². The predicted octanol–water partition coefficient (Wildman–Crippen LogP) is 1.45. The van der Waals surface area contributed by atoms with Crippen molar-refractivity contribution in [2.75, 3.05) is 0 Å². The third kappa shape index (κ3) is 2.40. The van der Waals surface area contributed by atoms with E-state index in [-0.39, 0.29) is 5.56 Å². The van der Waals surface area contributed by atoms with E-state index in [1.165, 1.54) is 12.1 Å². The normalized spacial score (nSPS) is 13.9. The van der Waals surface area contributed by atoms with Crippen molar-refractivity contribution in [3.8, 4) is 5.75 Å². The quantitative estimate of drug-likeness (QED) is 0.708. The standard InChI is InChI=1S/C9H10F3NO2/c10-9(11,12)8(13)6-3-1-2-5(4-14)7(6)15/h1-3,8,14-15H,4,13H2/t8-/m0/s1. The van der Waals surface area contributed by atoms with Gasteiger partial charge in [-0.15, -0.1) is 0 Å². The van der Waals surface area contributed by atoms with E-state index in [0.717, 1.165) is 6.07 Å². The van der Waals surface area contributed by atoms with Crippen LogP contribution in [-0.4, -0.2) is 16.4 Å². The molecule has 4 N–H and O–H groups in total. The van der Waals surface area contributed by atoms with E-state index in [4.69, 9.17) is 10.8 Å². The molecule has 0 unspecified atom stereocenters. The third-order valence-electron chi connectivity index (χ3n) is 2.01. The summed E-state index contributed by atoms with van der Waals surface area (Å²) in [5.41, 5.74) is 4.51. The number of hydrogen-bond acceptors (Lipinski definition) is 3. The van der Waals surface area contributed by atoms with E-state index in [9.17, 15) is 18.3 Å². The molecular weight excluding hydrogens is 211 g/mol. The number of para-hydroxylation sites is 1. The van der Waals surface area contributed by atoms with Crippen molar-refractivity contribution < 1.29 is 23.4 Å². The van der Waals surface area contributed by atoms with Crippen molar-refractivity contribution in [3.05, 3.63) is 29.3 Å². The van der Waals surface area contributed by atoms with Crippen LogP contribution in [0.5, 0.6) is 5.75 Å². The van der Waals surface area contributed by atoms with Crippen LogP contribution in [0, 0.1) is 0 Å². The lowest BCUT2D eigenvalue weighted by Gasteiger charge is -2.18. The molecule has 1 atom stereocenters.